The predicted molar refractivity (Wildman–Crippen MR) is 60.8 cm³/mol. The van der Waals surface area contributed by atoms with Gasteiger partial charge in [-0.2, -0.15) is 0 Å². The number of aryl methyl sites for hydroxylation is 1. The smallest absolute Gasteiger partial charge is 0.226 e. The molecule has 0 radical (unpaired) electrons. The average Bonchev–Trinajstić information content (AvgIpc) is 1.99. The molecule has 0 bridgehead atoms. The number of hydrogen-bond donors (Lipinski definition) is 3. The molecule has 0 aliphatic heterocycles. The van der Waals surface area contributed by atoms with Gasteiger partial charge in [-0.15, -0.1) is 24.0 Å². The zero-order valence-electron chi connectivity index (χ0n) is 8.20. The lowest BCUT2D eigenvalue weighted by molar-refractivity contribution is -0.679. The monoisotopic (exact) mass is 426 g/mol. The first-order valence-electron chi connectivity index (χ1n) is 3.56. The molecule has 4 nitrogen and oxygen atoms in total. The second kappa shape index (κ2) is 8.48. The van der Waals surface area contributed by atoms with Gasteiger partial charge in [0.15, 0.2) is 11.9 Å². The largest absolute Gasteiger partial charge is 1.00 e. The number of hydrogen-bond acceptors (Lipinski definition) is 3. The number of rotatable bonds is 1. The van der Waals surface area contributed by atoms with E-state index in [-0.39, 0.29) is 65.6 Å². The summed E-state index contributed by atoms with van der Waals surface area (Å²) in [6.07, 6.45) is 2.42. The van der Waals surface area contributed by atoms with Crippen LogP contribution in [0.5, 0.6) is 11.5 Å². The van der Waals surface area contributed by atoms with Gasteiger partial charge in [-0.05, 0) is 0 Å². The highest BCUT2D eigenvalue weighted by molar-refractivity contribution is 14.0. The van der Waals surface area contributed by atoms with Crippen molar-refractivity contribution >= 4 is 24.0 Å². The van der Waals surface area contributed by atoms with Crippen LogP contribution in [0.4, 0.5) is 0 Å². The molecule has 0 spiro atoms. The highest BCUT2D eigenvalue weighted by Crippen LogP contribution is 2.24. The molecule has 1 aromatic rings. The summed E-state index contributed by atoms with van der Waals surface area (Å²) in [6.45, 7) is 1.93. The zero-order chi connectivity index (χ0) is 8.43. The molecule has 1 heterocycles. The molecule has 0 aromatic carbocycles. The molecule has 1 aromatic heterocycles. The second-order valence-corrected chi connectivity index (χ2v) is 2.46. The van der Waals surface area contributed by atoms with E-state index in [2.05, 4.69) is 0 Å². The maximum atomic E-state index is 9.31. The fraction of sp³-hybridized carbons (Fsp3) is 0.375. The fourth-order valence-electron chi connectivity index (χ4n) is 1.08. The van der Waals surface area contributed by atoms with Crippen LogP contribution in [0.3, 0.4) is 0 Å². The van der Waals surface area contributed by atoms with Crippen molar-refractivity contribution in [1.29, 1.82) is 0 Å². The molecule has 0 fully saturated rings. The lowest BCUT2D eigenvalue weighted by Gasteiger charge is -2.00. The summed E-state index contributed by atoms with van der Waals surface area (Å²) in [5.74, 6) is -0.0718. The van der Waals surface area contributed by atoms with Crippen molar-refractivity contribution in [1.82, 2.24) is 6.15 Å². The summed E-state index contributed by atoms with van der Waals surface area (Å²) in [5, 5.41) is 18.4. The van der Waals surface area contributed by atoms with Crippen LogP contribution in [0.2, 0.25) is 0 Å². The van der Waals surface area contributed by atoms with Gasteiger partial charge < -0.3 is 40.3 Å². The molecule has 14 heavy (non-hydrogen) atoms. The van der Waals surface area contributed by atoms with E-state index in [0.29, 0.717) is 6.42 Å². The highest BCUT2D eigenvalue weighted by atomic mass is 127. The minimum absolute atomic E-state index is 0. The molecule has 0 aliphatic rings. The third-order valence-electron chi connectivity index (χ3n) is 1.73. The summed E-state index contributed by atoms with van der Waals surface area (Å²) >= 11 is 0. The number of pyridine rings is 1. The minimum Gasteiger partial charge on any atom is -1.00 e. The molecule has 0 amide bonds. The fourth-order valence-corrected chi connectivity index (χ4v) is 1.08. The van der Waals surface area contributed by atoms with Gasteiger partial charge in [0.1, 0.15) is 7.05 Å². The van der Waals surface area contributed by atoms with Gasteiger partial charge in [0.05, 0.1) is 0 Å². The van der Waals surface area contributed by atoms with E-state index in [9.17, 15) is 5.11 Å². The van der Waals surface area contributed by atoms with Crippen LogP contribution < -0.4 is 34.7 Å². The minimum atomic E-state index is -0.0556. The molecule has 0 saturated heterocycles. The third kappa shape index (κ3) is 4.13. The van der Waals surface area contributed by atoms with Crippen LogP contribution in [0.25, 0.3) is 0 Å². The lowest BCUT2D eigenvalue weighted by Crippen LogP contribution is -3.00. The summed E-state index contributed by atoms with van der Waals surface area (Å²) < 4.78 is 1.79. The topological polar surface area (TPSA) is 79.3 Å². The number of aromatic nitrogens is 1. The van der Waals surface area contributed by atoms with Crippen LogP contribution >= 0.6 is 24.0 Å². The molecule has 0 saturated carbocycles. The maximum Gasteiger partial charge on any atom is 0.226 e. The van der Waals surface area contributed by atoms with E-state index >= 15 is 0 Å². The van der Waals surface area contributed by atoms with E-state index in [1.807, 2.05) is 14.0 Å². The van der Waals surface area contributed by atoms with Gasteiger partial charge in [-0.3, -0.25) is 0 Å². The summed E-state index contributed by atoms with van der Waals surface area (Å²) in [4.78, 5) is 0. The van der Waals surface area contributed by atoms with E-state index in [1.54, 1.807) is 10.8 Å². The summed E-state index contributed by atoms with van der Waals surface area (Å²) in [7, 11) is 1.83. The van der Waals surface area contributed by atoms with E-state index < -0.39 is 0 Å². The molecule has 0 aliphatic carbocycles. The standard InChI is InChI=1S/C8H11NO2.2HI.H3N/c1-3-6-8(11)7(10)4-5-9(6)2;;;/h4-5,11H,3H2,1-2H3;2*1H;1H3. The van der Waals surface area contributed by atoms with Crippen molar-refractivity contribution in [3.05, 3.63) is 18.0 Å². The van der Waals surface area contributed by atoms with Crippen molar-refractivity contribution in [2.75, 3.05) is 0 Å². The Kier molecular flexibility index (Phi) is 11.9. The Hall–Kier alpha value is 0.170. The Morgan fingerprint density at radius 1 is 1.36 bits per heavy atom. The highest BCUT2D eigenvalue weighted by Gasteiger charge is 2.13. The third-order valence-corrected chi connectivity index (χ3v) is 1.73. The molecule has 0 atom stereocenters. The first-order chi connectivity index (χ1) is 5.16. The molecular weight excluding hydrogens is 410 g/mol. The van der Waals surface area contributed by atoms with E-state index in [4.69, 9.17) is 5.11 Å². The molecule has 0 unspecified atom stereocenters. The Morgan fingerprint density at radius 3 is 2.21 bits per heavy atom. The van der Waals surface area contributed by atoms with Crippen LogP contribution in [0.1, 0.15) is 12.6 Å². The van der Waals surface area contributed by atoms with Crippen molar-refractivity contribution in [2.24, 2.45) is 7.05 Å². The van der Waals surface area contributed by atoms with E-state index in [1.165, 1.54) is 6.07 Å². The number of halogens is 2. The Balaban J connectivity index is -0.000000403. The summed E-state index contributed by atoms with van der Waals surface area (Å²) in [5.41, 5.74) is 0.741. The van der Waals surface area contributed by atoms with Crippen molar-refractivity contribution in [3.8, 4) is 11.5 Å². The van der Waals surface area contributed by atoms with Gasteiger partial charge in [0.25, 0.3) is 0 Å². The quantitative estimate of drug-likeness (QED) is 0.369. The van der Waals surface area contributed by atoms with Gasteiger partial charge in [0.2, 0.25) is 11.4 Å². The molecule has 1 rings (SSSR count). The zero-order valence-corrected chi connectivity index (χ0v) is 12.7. The number of aromatic hydroxyl groups is 2. The Bertz CT molecular complexity index is 282. The van der Waals surface area contributed by atoms with Gasteiger partial charge in [-0.25, -0.2) is 4.57 Å². The van der Waals surface area contributed by atoms with Crippen LogP contribution in [0.15, 0.2) is 12.3 Å². The van der Waals surface area contributed by atoms with Gasteiger partial charge in [-0.1, -0.05) is 6.92 Å². The molecule has 5 N–H and O–H groups in total. The van der Waals surface area contributed by atoms with Crippen molar-refractivity contribution < 1.29 is 38.8 Å². The first kappa shape index (κ1) is 19.7. The normalized spacial score (nSPS) is 7.86. The van der Waals surface area contributed by atoms with E-state index in [0.717, 1.165) is 5.69 Å². The summed E-state index contributed by atoms with van der Waals surface area (Å²) in [6, 6.07) is 1.47. The van der Waals surface area contributed by atoms with Gasteiger partial charge >= 0.3 is 0 Å². The number of nitrogens with zero attached hydrogens (tertiary/aromatic N) is 1. The SMILES string of the molecule is CCc1c(O)c(O)cc[n+]1C.I.N.[I-]. The Labute approximate surface area is 118 Å². The Morgan fingerprint density at radius 2 is 1.86 bits per heavy atom. The lowest BCUT2D eigenvalue weighted by atomic mass is 10.2. The molecular formula is C8H16I2N2O2. The molecule has 6 heteroatoms. The van der Waals surface area contributed by atoms with Crippen molar-refractivity contribution in [2.45, 2.75) is 13.3 Å². The van der Waals surface area contributed by atoms with Crippen LogP contribution in [0, 0.1) is 0 Å². The average molecular weight is 426 g/mol. The van der Waals surface area contributed by atoms with Crippen LogP contribution in [-0.2, 0) is 13.5 Å². The predicted octanol–water partition coefficient (Wildman–Crippen LogP) is -1.73. The molecule has 84 valence electrons. The van der Waals surface area contributed by atoms with Crippen LogP contribution in [-0.4, -0.2) is 10.2 Å². The maximum absolute atomic E-state index is 9.31. The second-order valence-electron chi connectivity index (χ2n) is 2.46. The van der Waals surface area contributed by atoms with Gasteiger partial charge in [0, 0.05) is 12.5 Å². The first-order valence-corrected chi connectivity index (χ1v) is 3.56. The van der Waals surface area contributed by atoms with Crippen molar-refractivity contribution in [3.63, 3.8) is 0 Å².